The van der Waals surface area contributed by atoms with E-state index < -0.39 is 0 Å². The summed E-state index contributed by atoms with van der Waals surface area (Å²) in [6.07, 6.45) is 0. The topological polar surface area (TPSA) is 66.0 Å². The molecule has 3 aromatic carbocycles. The van der Waals surface area contributed by atoms with Gasteiger partial charge in [0.15, 0.2) is 5.82 Å². The van der Waals surface area contributed by atoms with E-state index in [0.29, 0.717) is 11.0 Å². The van der Waals surface area contributed by atoms with Crippen LogP contribution in [0.5, 0.6) is 5.75 Å². The van der Waals surface area contributed by atoms with Crippen LogP contribution in [0.1, 0.15) is 16.4 Å². The average Bonchev–Trinajstić information content (AvgIpc) is 3.13. The van der Waals surface area contributed by atoms with Gasteiger partial charge in [0.05, 0.1) is 12.4 Å². The molecule has 6 heteroatoms. The minimum absolute atomic E-state index is 0.0672. The van der Waals surface area contributed by atoms with Crippen LogP contribution in [-0.4, -0.2) is 22.0 Å². The number of benzene rings is 3. The first-order chi connectivity index (χ1) is 13.8. The molecule has 28 heavy (non-hydrogen) atoms. The van der Waals surface area contributed by atoms with E-state index in [1.807, 2.05) is 60.7 Å². The van der Waals surface area contributed by atoms with E-state index in [0.717, 1.165) is 11.3 Å². The molecule has 0 bridgehead atoms. The summed E-state index contributed by atoms with van der Waals surface area (Å²) >= 11 is 1.58. The van der Waals surface area contributed by atoms with Crippen LogP contribution >= 0.6 is 11.8 Å². The van der Waals surface area contributed by atoms with Crippen LogP contribution in [0.2, 0.25) is 0 Å². The van der Waals surface area contributed by atoms with Crippen molar-refractivity contribution in [3.8, 4) is 17.1 Å². The number of thioether (sulfide) groups is 1. The van der Waals surface area contributed by atoms with Crippen molar-refractivity contribution < 1.29 is 4.74 Å². The van der Waals surface area contributed by atoms with Gasteiger partial charge in [-0.15, -0.1) is 10.2 Å². The van der Waals surface area contributed by atoms with Crippen molar-refractivity contribution >= 4 is 11.8 Å². The van der Waals surface area contributed by atoms with Crippen molar-refractivity contribution in [2.45, 2.75) is 10.4 Å². The van der Waals surface area contributed by atoms with E-state index in [1.54, 1.807) is 23.5 Å². The van der Waals surface area contributed by atoms with Crippen molar-refractivity contribution in [2.75, 3.05) is 13.0 Å². The number of nitrogen functional groups attached to an aromatic ring is 1. The summed E-state index contributed by atoms with van der Waals surface area (Å²) in [6.45, 7) is 0. The standard InChI is InChI=1S/C22H20N4OS/c1-27-19-14-12-18(13-15-19)21-24-25-22(26(21)23)28-20(16-8-4-2-5-9-16)17-10-6-3-7-11-17/h2-15,20H,23H2,1H3. The minimum atomic E-state index is 0.0672. The van der Waals surface area contributed by atoms with Gasteiger partial charge in [-0.1, -0.05) is 72.4 Å². The summed E-state index contributed by atoms with van der Waals surface area (Å²) < 4.78 is 6.76. The highest BCUT2D eigenvalue weighted by atomic mass is 32.2. The fraction of sp³-hybridized carbons (Fsp3) is 0.0909. The number of aromatic nitrogens is 3. The van der Waals surface area contributed by atoms with Gasteiger partial charge in [-0.05, 0) is 35.4 Å². The van der Waals surface area contributed by atoms with Crippen LogP contribution in [0, 0.1) is 0 Å². The number of ether oxygens (including phenoxy) is 1. The molecular formula is C22H20N4OS. The zero-order chi connectivity index (χ0) is 19.3. The predicted octanol–water partition coefficient (Wildman–Crippen LogP) is 4.55. The number of rotatable bonds is 6. The van der Waals surface area contributed by atoms with Crippen LogP contribution in [0.15, 0.2) is 90.1 Å². The second-order valence-electron chi connectivity index (χ2n) is 6.22. The first-order valence-electron chi connectivity index (χ1n) is 8.87. The molecule has 0 aliphatic carbocycles. The number of hydrogen-bond acceptors (Lipinski definition) is 5. The van der Waals surface area contributed by atoms with Crippen molar-refractivity contribution in [3.63, 3.8) is 0 Å². The smallest absolute Gasteiger partial charge is 0.211 e. The molecule has 1 heterocycles. The lowest BCUT2D eigenvalue weighted by atomic mass is 10.0. The Labute approximate surface area is 168 Å². The molecular weight excluding hydrogens is 368 g/mol. The van der Waals surface area contributed by atoms with Crippen molar-refractivity contribution in [1.82, 2.24) is 14.9 Å². The van der Waals surface area contributed by atoms with E-state index >= 15 is 0 Å². The third-order valence-corrected chi connectivity index (χ3v) is 5.71. The second kappa shape index (κ2) is 8.19. The Kier molecular flexibility index (Phi) is 5.30. The molecule has 0 unspecified atom stereocenters. The lowest BCUT2D eigenvalue weighted by Crippen LogP contribution is -2.12. The highest BCUT2D eigenvalue weighted by Gasteiger charge is 2.20. The average molecular weight is 388 g/mol. The summed E-state index contributed by atoms with van der Waals surface area (Å²) in [5, 5.41) is 9.38. The maximum Gasteiger partial charge on any atom is 0.211 e. The van der Waals surface area contributed by atoms with Gasteiger partial charge in [0, 0.05) is 5.56 Å². The van der Waals surface area contributed by atoms with E-state index in [4.69, 9.17) is 10.6 Å². The van der Waals surface area contributed by atoms with E-state index in [9.17, 15) is 0 Å². The number of methoxy groups -OCH3 is 1. The van der Waals surface area contributed by atoms with Crippen molar-refractivity contribution in [2.24, 2.45) is 0 Å². The molecule has 0 fully saturated rings. The van der Waals surface area contributed by atoms with Gasteiger partial charge >= 0.3 is 0 Å². The number of nitrogens with two attached hydrogens (primary N) is 1. The molecule has 5 nitrogen and oxygen atoms in total. The monoisotopic (exact) mass is 388 g/mol. The number of hydrogen-bond donors (Lipinski definition) is 1. The van der Waals surface area contributed by atoms with Gasteiger partial charge in [-0.3, -0.25) is 0 Å². The maximum atomic E-state index is 6.35. The molecule has 4 aromatic rings. The molecule has 0 amide bonds. The Morgan fingerprint density at radius 1 is 0.821 bits per heavy atom. The minimum Gasteiger partial charge on any atom is -0.497 e. The van der Waals surface area contributed by atoms with Crippen molar-refractivity contribution in [1.29, 1.82) is 0 Å². The fourth-order valence-corrected chi connectivity index (χ4v) is 4.07. The van der Waals surface area contributed by atoms with Gasteiger partial charge in [0.1, 0.15) is 5.75 Å². The van der Waals surface area contributed by atoms with Gasteiger partial charge in [-0.2, -0.15) is 0 Å². The van der Waals surface area contributed by atoms with Crippen LogP contribution in [0.3, 0.4) is 0 Å². The molecule has 0 aliphatic heterocycles. The Balaban J connectivity index is 1.67. The third-order valence-electron chi connectivity index (χ3n) is 4.44. The Bertz CT molecular complexity index is 994. The lowest BCUT2D eigenvalue weighted by Gasteiger charge is -2.17. The molecule has 140 valence electrons. The molecule has 0 radical (unpaired) electrons. The zero-order valence-electron chi connectivity index (χ0n) is 15.4. The summed E-state index contributed by atoms with van der Waals surface area (Å²) in [6, 6.07) is 28.3. The molecule has 0 spiro atoms. The SMILES string of the molecule is COc1ccc(-c2nnc(SC(c3ccccc3)c3ccccc3)n2N)cc1. The third kappa shape index (κ3) is 3.73. The molecule has 0 saturated carbocycles. The normalized spacial score (nSPS) is 10.9. The Morgan fingerprint density at radius 3 is 1.93 bits per heavy atom. The molecule has 0 aliphatic rings. The summed E-state index contributed by atoms with van der Waals surface area (Å²) in [5.74, 6) is 7.75. The highest BCUT2D eigenvalue weighted by molar-refractivity contribution is 7.99. The molecule has 2 N–H and O–H groups in total. The van der Waals surface area contributed by atoms with Crippen LogP contribution in [0.25, 0.3) is 11.4 Å². The van der Waals surface area contributed by atoms with E-state index in [-0.39, 0.29) is 5.25 Å². The molecule has 4 rings (SSSR count). The van der Waals surface area contributed by atoms with Crippen LogP contribution in [0.4, 0.5) is 0 Å². The Morgan fingerprint density at radius 2 is 1.39 bits per heavy atom. The lowest BCUT2D eigenvalue weighted by molar-refractivity contribution is 0.415. The largest absolute Gasteiger partial charge is 0.497 e. The predicted molar refractivity (Wildman–Crippen MR) is 113 cm³/mol. The van der Waals surface area contributed by atoms with Gasteiger partial charge in [-0.25, -0.2) is 4.68 Å². The summed E-state index contributed by atoms with van der Waals surface area (Å²) in [5.41, 5.74) is 3.26. The highest BCUT2D eigenvalue weighted by Crippen LogP contribution is 2.39. The van der Waals surface area contributed by atoms with Gasteiger partial charge < -0.3 is 10.6 Å². The maximum absolute atomic E-state index is 6.35. The quantitative estimate of drug-likeness (QED) is 0.388. The van der Waals surface area contributed by atoms with Gasteiger partial charge in [0.2, 0.25) is 5.16 Å². The van der Waals surface area contributed by atoms with Crippen molar-refractivity contribution in [3.05, 3.63) is 96.1 Å². The first kappa shape index (κ1) is 18.1. The van der Waals surface area contributed by atoms with E-state index in [2.05, 4.69) is 34.5 Å². The summed E-state index contributed by atoms with van der Waals surface area (Å²) in [7, 11) is 1.64. The molecule has 0 atom stereocenters. The second-order valence-corrected chi connectivity index (χ2v) is 7.30. The summed E-state index contributed by atoms with van der Waals surface area (Å²) in [4.78, 5) is 0. The number of nitrogens with zero attached hydrogens (tertiary/aromatic N) is 3. The molecule has 0 saturated heterocycles. The van der Waals surface area contributed by atoms with E-state index in [1.165, 1.54) is 11.1 Å². The molecule has 1 aromatic heterocycles. The van der Waals surface area contributed by atoms with Gasteiger partial charge in [0.25, 0.3) is 0 Å². The Hall–Kier alpha value is -3.25. The first-order valence-corrected chi connectivity index (χ1v) is 9.75. The fourth-order valence-electron chi connectivity index (χ4n) is 2.98. The van der Waals surface area contributed by atoms with Crippen LogP contribution < -0.4 is 10.6 Å². The zero-order valence-corrected chi connectivity index (χ0v) is 16.2. The van der Waals surface area contributed by atoms with Crippen LogP contribution in [-0.2, 0) is 0 Å².